The molecule has 0 aromatic heterocycles. The molecule has 0 heterocycles. The molecule has 0 saturated carbocycles. The molecule has 0 saturated heterocycles. The van der Waals surface area contributed by atoms with E-state index < -0.39 is 0 Å². The van der Waals surface area contributed by atoms with Crippen LogP contribution in [0.15, 0.2) is 37.0 Å². The van der Waals surface area contributed by atoms with Crippen molar-refractivity contribution in [1.82, 2.24) is 0 Å². The van der Waals surface area contributed by atoms with E-state index in [9.17, 15) is 4.79 Å². The summed E-state index contributed by atoms with van der Waals surface area (Å²) >= 11 is 0. The third kappa shape index (κ3) is 6.58. The van der Waals surface area contributed by atoms with E-state index in [4.69, 9.17) is 4.74 Å². The van der Waals surface area contributed by atoms with Crippen LogP contribution in [-0.4, -0.2) is 12.6 Å². The summed E-state index contributed by atoms with van der Waals surface area (Å²) in [4.78, 5) is 10.6. The number of carbonyl (C=O) groups is 1. The molecule has 0 aliphatic rings. The van der Waals surface area contributed by atoms with E-state index in [1.165, 1.54) is 6.08 Å². The first-order chi connectivity index (χ1) is 5.31. The normalized spacial score (nSPS) is 10.6. The molecule has 0 bridgehead atoms. The van der Waals surface area contributed by atoms with Gasteiger partial charge in [-0.25, -0.2) is 4.79 Å². The fourth-order valence-electron chi connectivity index (χ4n) is 0.466. The summed E-state index contributed by atoms with van der Waals surface area (Å²) in [5.74, 6) is -0.318. The third-order valence-corrected chi connectivity index (χ3v) is 0.897. The topological polar surface area (TPSA) is 26.3 Å². The molecule has 0 spiro atoms. The van der Waals surface area contributed by atoms with Crippen molar-refractivity contribution in [3.63, 3.8) is 0 Å². The Bertz CT molecular complexity index is 178. The molecular formula is C9H12O2. The molecule has 0 fully saturated rings. The molecule has 2 heteroatoms. The van der Waals surface area contributed by atoms with Crippen LogP contribution in [0.1, 0.15) is 6.92 Å². The van der Waals surface area contributed by atoms with Crippen LogP contribution in [0.25, 0.3) is 0 Å². The smallest absolute Gasteiger partial charge is 0.330 e. The third-order valence-electron chi connectivity index (χ3n) is 0.897. The van der Waals surface area contributed by atoms with Gasteiger partial charge in [0.05, 0.1) is 0 Å². The van der Waals surface area contributed by atoms with E-state index in [1.54, 1.807) is 31.2 Å². The lowest BCUT2D eigenvalue weighted by molar-refractivity contribution is -0.136. The highest BCUT2D eigenvalue weighted by atomic mass is 16.5. The van der Waals surface area contributed by atoms with Crippen molar-refractivity contribution in [3.05, 3.63) is 37.0 Å². The molecule has 0 N–H and O–H groups in total. The minimum atomic E-state index is -0.318. The zero-order chi connectivity index (χ0) is 8.53. The van der Waals surface area contributed by atoms with Gasteiger partial charge in [-0.3, -0.25) is 0 Å². The monoisotopic (exact) mass is 152 g/mol. The molecule has 0 aliphatic heterocycles. The van der Waals surface area contributed by atoms with E-state index in [0.717, 1.165) is 0 Å². The van der Waals surface area contributed by atoms with Crippen molar-refractivity contribution >= 4 is 5.97 Å². The fraction of sp³-hybridized carbons (Fsp3) is 0.222. The first kappa shape index (κ1) is 9.69. The minimum absolute atomic E-state index is 0.301. The summed E-state index contributed by atoms with van der Waals surface area (Å²) < 4.78 is 4.72. The second-order valence-electron chi connectivity index (χ2n) is 1.79. The van der Waals surface area contributed by atoms with Gasteiger partial charge in [0.25, 0.3) is 0 Å². The number of carbonyl (C=O) groups excluding carboxylic acids is 1. The number of hydrogen-bond acceptors (Lipinski definition) is 2. The Morgan fingerprint density at radius 2 is 2.36 bits per heavy atom. The Hall–Kier alpha value is -1.31. The first-order valence-electron chi connectivity index (χ1n) is 3.38. The number of ether oxygens (including phenoxy) is 1. The van der Waals surface area contributed by atoms with Crippen molar-refractivity contribution < 1.29 is 9.53 Å². The van der Waals surface area contributed by atoms with Crippen LogP contribution >= 0.6 is 0 Å². The molecule has 60 valence electrons. The average Bonchev–Trinajstić information content (AvgIpc) is 1.99. The lowest BCUT2D eigenvalue weighted by Crippen LogP contribution is -1.99. The predicted molar refractivity (Wildman–Crippen MR) is 45.1 cm³/mol. The molecule has 0 aliphatic carbocycles. The van der Waals surface area contributed by atoms with Crippen molar-refractivity contribution in [1.29, 1.82) is 0 Å². The summed E-state index contributed by atoms with van der Waals surface area (Å²) in [5, 5.41) is 0. The van der Waals surface area contributed by atoms with Gasteiger partial charge in [-0.15, -0.1) is 0 Å². The largest absolute Gasteiger partial charge is 0.458 e. The van der Waals surface area contributed by atoms with E-state index >= 15 is 0 Å². The molecule has 11 heavy (non-hydrogen) atoms. The zero-order valence-corrected chi connectivity index (χ0v) is 6.62. The molecule has 0 atom stereocenters. The van der Waals surface area contributed by atoms with Gasteiger partial charge in [0.2, 0.25) is 0 Å². The highest BCUT2D eigenvalue weighted by Gasteiger charge is 1.90. The highest BCUT2D eigenvalue weighted by molar-refractivity contribution is 5.81. The maximum atomic E-state index is 10.6. The molecule has 0 radical (unpaired) electrons. The Balaban J connectivity index is 3.46. The maximum Gasteiger partial charge on any atom is 0.330 e. The standard InChI is InChI=1S/C9H12O2/c1-3-5-6-8-11-9(10)7-4-2/h3-7H,1,8H2,2H3/b6-5+,7-4+. The zero-order valence-electron chi connectivity index (χ0n) is 6.62. The summed E-state index contributed by atoms with van der Waals surface area (Å²) in [6.45, 7) is 5.54. The summed E-state index contributed by atoms with van der Waals surface area (Å²) in [6.07, 6.45) is 8.09. The number of hydrogen-bond donors (Lipinski definition) is 0. The van der Waals surface area contributed by atoms with Crippen molar-refractivity contribution in [2.75, 3.05) is 6.61 Å². The van der Waals surface area contributed by atoms with Crippen molar-refractivity contribution in [3.8, 4) is 0 Å². The second kappa shape index (κ2) is 6.81. The Labute approximate surface area is 66.9 Å². The van der Waals surface area contributed by atoms with Gasteiger partial charge in [-0.05, 0) is 13.0 Å². The van der Waals surface area contributed by atoms with Crippen LogP contribution < -0.4 is 0 Å². The quantitative estimate of drug-likeness (QED) is 0.349. The van der Waals surface area contributed by atoms with Gasteiger partial charge in [0.1, 0.15) is 6.61 Å². The second-order valence-corrected chi connectivity index (χ2v) is 1.79. The molecule has 0 aromatic carbocycles. The first-order valence-corrected chi connectivity index (χ1v) is 3.38. The SMILES string of the molecule is C=C/C=C/COC(=O)/C=C/C. The highest BCUT2D eigenvalue weighted by Crippen LogP contribution is 1.82. The molecule has 0 unspecified atom stereocenters. The van der Waals surface area contributed by atoms with Crippen LogP contribution in [-0.2, 0) is 9.53 Å². The van der Waals surface area contributed by atoms with Gasteiger partial charge in [-0.2, -0.15) is 0 Å². The summed E-state index contributed by atoms with van der Waals surface area (Å²) in [7, 11) is 0. The van der Waals surface area contributed by atoms with E-state index in [1.807, 2.05) is 0 Å². The van der Waals surface area contributed by atoms with Gasteiger partial charge in [0, 0.05) is 6.08 Å². The van der Waals surface area contributed by atoms with Gasteiger partial charge >= 0.3 is 5.97 Å². The van der Waals surface area contributed by atoms with Crippen LogP contribution in [0.2, 0.25) is 0 Å². The lowest BCUT2D eigenvalue weighted by Gasteiger charge is -1.93. The Kier molecular flexibility index (Phi) is 5.99. The maximum absolute atomic E-state index is 10.6. The van der Waals surface area contributed by atoms with Crippen molar-refractivity contribution in [2.45, 2.75) is 6.92 Å². The van der Waals surface area contributed by atoms with Gasteiger partial charge < -0.3 is 4.74 Å². The van der Waals surface area contributed by atoms with Crippen LogP contribution in [0.5, 0.6) is 0 Å². The lowest BCUT2D eigenvalue weighted by atomic mass is 10.5. The van der Waals surface area contributed by atoms with E-state index in [0.29, 0.717) is 6.61 Å². The van der Waals surface area contributed by atoms with Crippen LogP contribution in [0.3, 0.4) is 0 Å². The molecule has 0 aromatic rings. The summed E-state index contributed by atoms with van der Waals surface area (Å²) in [6, 6.07) is 0. The van der Waals surface area contributed by atoms with E-state index in [-0.39, 0.29) is 5.97 Å². The Morgan fingerprint density at radius 1 is 1.64 bits per heavy atom. The van der Waals surface area contributed by atoms with Crippen molar-refractivity contribution in [2.24, 2.45) is 0 Å². The molecule has 2 nitrogen and oxygen atoms in total. The fourth-order valence-corrected chi connectivity index (χ4v) is 0.466. The molecule has 0 rings (SSSR count). The molecule has 0 amide bonds. The van der Waals surface area contributed by atoms with Crippen LogP contribution in [0.4, 0.5) is 0 Å². The minimum Gasteiger partial charge on any atom is -0.458 e. The number of esters is 1. The van der Waals surface area contributed by atoms with Gasteiger partial charge in [0.15, 0.2) is 0 Å². The van der Waals surface area contributed by atoms with E-state index in [2.05, 4.69) is 6.58 Å². The predicted octanol–water partition coefficient (Wildman–Crippen LogP) is 1.85. The summed E-state index contributed by atoms with van der Waals surface area (Å²) in [5.41, 5.74) is 0. The van der Waals surface area contributed by atoms with Gasteiger partial charge in [-0.1, -0.05) is 24.8 Å². The number of allylic oxidation sites excluding steroid dienone is 3. The van der Waals surface area contributed by atoms with Crippen LogP contribution in [0, 0.1) is 0 Å². The average molecular weight is 152 g/mol. The Morgan fingerprint density at radius 3 is 2.91 bits per heavy atom. The number of rotatable bonds is 4. The molecular weight excluding hydrogens is 140 g/mol.